The van der Waals surface area contributed by atoms with Gasteiger partial charge in [0.15, 0.2) is 0 Å². The summed E-state index contributed by atoms with van der Waals surface area (Å²) in [6.45, 7) is 0.307. The summed E-state index contributed by atoms with van der Waals surface area (Å²) in [6.07, 6.45) is 1.44. The van der Waals surface area contributed by atoms with Crippen molar-refractivity contribution < 1.29 is 18.8 Å². The summed E-state index contributed by atoms with van der Waals surface area (Å²) in [7, 11) is 0. The third-order valence-corrected chi connectivity index (χ3v) is 4.73. The second kappa shape index (κ2) is 7.80. The van der Waals surface area contributed by atoms with E-state index < -0.39 is 6.10 Å². The maximum Gasteiger partial charge on any atom is 0.264 e. The topological polar surface area (TPSA) is 79.8 Å². The summed E-state index contributed by atoms with van der Waals surface area (Å²) in [5.41, 5.74) is 2.74. The second-order valence-electron chi connectivity index (χ2n) is 7.03. The highest BCUT2D eigenvalue weighted by Crippen LogP contribution is 2.30. The first kappa shape index (κ1) is 18.2. The molecular weight excluding hydrogens is 361 g/mol. The number of hydrogen-bond donors (Lipinski definition) is 2. The first-order chi connectivity index (χ1) is 13.6. The van der Waals surface area contributed by atoms with Crippen molar-refractivity contribution in [1.82, 2.24) is 5.32 Å². The molecule has 2 N–H and O–H groups in total. The van der Waals surface area contributed by atoms with Gasteiger partial charge < -0.3 is 15.5 Å². The van der Waals surface area contributed by atoms with Gasteiger partial charge in [-0.25, -0.2) is 4.39 Å². The molecule has 1 aliphatic heterocycles. The van der Waals surface area contributed by atoms with Crippen molar-refractivity contribution in [2.75, 3.05) is 5.32 Å². The molecule has 2 aromatic rings. The van der Waals surface area contributed by atoms with Crippen LogP contribution in [-0.2, 0) is 21.0 Å². The molecule has 0 spiro atoms. The molecule has 6 nitrogen and oxygen atoms in total. The van der Waals surface area contributed by atoms with Crippen LogP contribution in [0.4, 0.5) is 10.1 Å². The average molecular weight is 381 g/mol. The van der Waals surface area contributed by atoms with Crippen LogP contribution in [0.15, 0.2) is 53.7 Å². The van der Waals surface area contributed by atoms with Gasteiger partial charge in [0, 0.05) is 30.1 Å². The van der Waals surface area contributed by atoms with E-state index in [1.54, 1.807) is 12.1 Å². The number of nitrogens with zero attached hydrogens (tertiary/aromatic N) is 1. The molecule has 144 valence electrons. The van der Waals surface area contributed by atoms with Crippen molar-refractivity contribution in [3.05, 3.63) is 65.5 Å². The summed E-state index contributed by atoms with van der Waals surface area (Å²) >= 11 is 0. The van der Waals surface area contributed by atoms with Crippen LogP contribution in [0.5, 0.6) is 0 Å². The van der Waals surface area contributed by atoms with E-state index >= 15 is 0 Å². The lowest BCUT2D eigenvalue weighted by Gasteiger charge is -2.11. The number of rotatable bonds is 6. The minimum atomic E-state index is -0.740. The smallest absolute Gasteiger partial charge is 0.264 e. The van der Waals surface area contributed by atoms with E-state index in [1.807, 2.05) is 24.3 Å². The zero-order chi connectivity index (χ0) is 19.5. The molecule has 2 aromatic carbocycles. The highest BCUT2D eigenvalue weighted by Gasteiger charge is 2.30. The highest BCUT2D eigenvalue weighted by molar-refractivity contribution is 6.04. The Balaban J connectivity index is 1.29. The number of carbonyl (C=O) groups is 2. The standard InChI is InChI=1S/C21H20FN3O3/c22-16-5-2-4-15(10-16)18-11-19(28-25-18)21(27)23-12-13-3-1-6-17(9-13)24-20(26)14-7-8-14/h1-6,9-10,14,19H,7-8,11-12H2,(H,23,27)(H,24,26)/t19-/m0/s1. The maximum atomic E-state index is 13.3. The van der Waals surface area contributed by atoms with Crippen LogP contribution in [0.3, 0.4) is 0 Å². The fourth-order valence-corrected chi connectivity index (χ4v) is 3.01. The van der Waals surface area contributed by atoms with Crippen molar-refractivity contribution in [3.8, 4) is 0 Å². The van der Waals surface area contributed by atoms with Crippen LogP contribution < -0.4 is 10.6 Å². The van der Waals surface area contributed by atoms with Gasteiger partial charge >= 0.3 is 0 Å². The zero-order valence-electron chi connectivity index (χ0n) is 15.2. The van der Waals surface area contributed by atoms with E-state index in [0.29, 0.717) is 17.8 Å². The van der Waals surface area contributed by atoms with Crippen LogP contribution in [0, 0.1) is 11.7 Å². The molecule has 0 aromatic heterocycles. The van der Waals surface area contributed by atoms with Crippen molar-refractivity contribution in [3.63, 3.8) is 0 Å². The van der Waals surface area contributed by atoms with Crippen LogP contribution in [-0.4, -0.2) is 23.6 Å². The van der Waals surface area contributed by atoms with Crippen molar-refractivity contribution in [2.24, 2.45) is 11.1 Å². The van der Waals surface area contributed by atoms with Gasteiger partial charge in [-0.1, -0.05) is 29.4 Å². The van der Waals surface area contributed by atoms with Gasteiger partial charge in [-0.2, -0.15) is 0 Å². The summed E-state index contributed by atoms with van der Waals surface area (Å²) in [5, 5.41) is 9.62. The lowest BCUT2D eigenvalue weighted by molar-refractivity contribution is -0.131. The van der Waals surface area contributed by atoms with Gasteiger partial charge in [-0.15, -0.1) is 0 Å². The number of nitrogens with one attached hydrogen (secondary N) is 2. The van der Waals surface area contributed by atoms with E-state index in [2.05, 4.69) is 15.8 Å². The Hall–Kier alpha value is -3.22. The number of oxime groups is 1. The molecule has 2 amide bonds. The fourth-order valence-electron chi connectivity index (χ4n) is 3.01. The Morgan fingerprint density at radius 2 is 1.93 bits per heavy atom. The van der Waals surface area contributed by atoms with Gasteiger partial charge in [-0.05, 0) is 42.7 Å². The van der Waals surface area contributed by atoms with Crippen molar-refractivity contribution in [2.45, 2.75) is 31.9 Å². The van der Waals surface area contributed by atoms with E-state index in [1.165, 1.54) is 12.1 Å². The molecular formula is C21H20FN3O3. The van der Waals surface area contributed by atoms with E-state index in [4.69, 9.17) is 4.84 Å². The molecule has 7 heteroatoms. The first-order valence-corrected chi connectivity index (χ1v) is 9.24. The largest absolute Gasteiger partial charge is 0.382 e. The number of hydrogen-bond acceptors (Lipinski definition) is 4. The molecule has 0 unspecified atom stereocenters. The zero-order valence-corrected chi connectivity index (χ0v) is 15.2. The molecule has 1 saturated carbocycles. The van der Waals surface area contributed by atoms with Gasteiger partial charge in [0.25, 0.3) is 5.91 Å². The molecule has 4 rings (SSSR count). The quantitative estimate of drug-likeness (QED) is 0.807. The van der Waals surface area contributed by atoms with Gasteiger partial charge in [0.2, 0.25) is 12.0 Å². The van der Waals surface area contributed by atoms with Crippen LogP contribution in [0.2, 0.25) is 0 Å². The predicted octanol–water partition coefficient (Wildman–Crippen LogP) is 2.98. The van der Waals surface area contributed by atoms with Crippen LogP contribution >= 0.6 is 0 Å². The number of benzene rings is 2. The fraction of sp³-hybridized carbons (Fsp3) is 0.286. The molecule has 0 radical (unpaired) electrons. The molecule has 1 atom stereocenters. The Bertz CT molecular complexity index is 940. The average Bonchev–Trinajstić information content (AvgIpc) is 3.43. The summed E-state index contributed by atoms with van der Waals surface area (Å²) in [6, 6.07) is 13.4. The minimum absolute atomic E-state index is 0.0440. The molecule has 0 saturated heterocycles. The van der Waals surface area contributed by atoms with Crippen LogP contribution in [0.1, 0.15) is 30.4 Å². The number of amides is 2. The van der Waals surface area contributed by atoms with Crippen molar-refractivity contribution >= 4 is 23.2 Å². The minimum Gasteiger partial charge on any atom is -0.382 e. The Labute approximate surface area is 161 Å². The maximum absolute atomic E-state index is 13.3. The number of halogens is 1. The first-order valence-electron chi connectivity index (χ1n) is 9.24. The van der Waals surface area contributed by atoms with Crippen molar-refractivity contribution in [1.29, 1.82) is 0 Å². The van der Waals surface area contributed by atoms with E-state index in [9.17, 15) is 14.0 Å². The van der Waals surface area contributed by atoms with Crippen LogP contribution in [0.25, 0.3) is 0 Å². The Morgan fingerprint density at radius 1 is 1.11 bits per heavy atom. The molecule has 28 heavy (non-hydrogen) atoms. The third-order valence-electron chi connectivity index (χ3n) is 4.73. The Kier molecular flexibility index (Phi) is 5.06. The van der Waals surface area contributed by atoms with Gasteiger partial charge in [-0.3, -0.25) is 9.59 Å². The molecule has 1 heterocycles. The monoisotopic (exact) mass is 381 g/mol. The summed E-state index contributed by atoms with van der Waals surface area (Å²) in [4.78, 5) is 29.4. The molecule has 2 aliphatic rings. The highest BCUT2D eigenvalue weighted by atomic mass is 19.1. The number of anilines is 1. The Morgan fingerprint density at radius 3 is 2.71 bits per heavy atom. The predicted molar refractivity (Wildman–Crippen MR) is 102 cm³/mol. The lowest BCUT2D eigenvalue weighted by Crippen LogP contribution is -2.34. The number of carbonyl (C=O) groups excluding carboxylic acids is 2. The summed E-state index contributed by atoms with van der Waals surface area (Å²) < 4.78 is 13.3. The summed E-state index contributed by atoms with van der Waals surface area (Å²) in [5.74, 6) is -0.470. The van der Waals surface area contributed by atoms with E-state index in [-0.39, 0.29) is 30.0 Å². The molecule has 1 aliphatic carbocycles. The normalized spacial score (nSPS) is 18.2. The second-order valence-corrected chi connectivity index (χ2v) is 7.03. The van der Waals surface area contributed by atoms with Gasteiger partial charge in [0.05, 0.1) is 5.71 Å². The van der Waals surface area contributed by atoms with E-state index in [0.717, 1.165) is 24.1 Å². The lowest BCUT2D eigenvalue weighted by atomic mass is 10.0. The third kappa shape index (κ3) is 4.36. The SMILES string of the molecule is O=C(Nc1cccc(CNC(=O)[C@@H]2CC(c3cccc(F)c3)=NO2)c1)C1CC1. The molecule has 1 fully saturated rings. The van der Waals surface area contributed by atoms with Gasteiger partial charge in [0.1, 0.15) is 5.82 Å². The molecule has 0 bridgehead atoms.